The summed E-state index contributed by atoms with van der Waals surface area (Å²) in [6, 6.07) is 0. The number of hydrogen-bond acceptors (Lipinski definition) is 27. The van der Waals surface area contributed by atoms with Gasteiger partial charge in [0.15, 0.2) is 5.79 Å². The van der Waals surface area contributed by atoms with Crippen molar-refractivity contribution in [3.8, 4) is 0 Å². The molecule has 134 heavy (non-hydrogen) atoms. The minimum atomic E-state index is -3.43. The van der Waals surface area contributed by atoms with Crippen LogP contribution in [0.15, 0.2) is 5.16 Å². The van der Waals surface area contributed by atoms with Crippen LogP contribution in [0.1, 0.15) is 472 Å². The van der Waals surface area contributed by atoms with Crippen molar-refractivity contribution in [1.29, 1.82) is 0 Å². The highest BCUT2D eigenvalue weighted by Crippen LogP contribution is 2.61. The van der Waals surface area contributed by atoms with Crippen LogP contribution in [-0.2, 0) is 51.8 Å². The molecule has 0 bridgehead atoms. The second-order valence-electron chi connectivity index (χ2n) is 45.0. The quantitative estimate of drug-likeness (QED) is 0.0229. The van der Waals surface area contributed by atoms with Crippen LogP contribution in [0.4, 0.5) is 0 Å². The second-order valence-corrected chi connectivity index (χ2v) is 47.1. The van der Waals surface area contributed by atoms with Gasteiger partial charge in [-0.05, 0) is 241 Å². The Kier molecular flexibility index (Phi) is 57.2. The molecule has 8 N–H and O–H groups in total. The number of ether oxygens (including phenoxy) is 3. The summed E-state index contributed by atoms with van der Waals surface area (Å²) in [5, 5.41) is 95.2. The number of esters is 1. The molecule has 13 atom stereocenters. The maximum atomic E-state index is 13.0. The van der Waals surface area contributed by atoms with Crippen LogP contribution >= 0.6 is 7.60 Å². The van der Waals surface area contributed by atoms with Crippen LogP contribution in [-0.4, -0.2) is 262 Å². The number of piperazine rings is 2. The number of nitrogens with zero attached hydrogens (tertiary/aromatic N) is 10. The first-order valence-corrected chi connectivity index (χ1v) is 49.8. The number of carbonyl (C=O) groups excluding carboxylic acids is 5. The van der Waals surface area contributed by atoms with E-state index in [4.69, 9.17) is 28.5 Å². The van der Waals surface area contributed by atoms with Crippen LogP contribution < -0.4 is 0 Å². The van der Waals surface area contributed by atoms with Crippen molar-refractivity contribution in [3.63, 3.8) is 0 Å². The third-order valence-corrected chi connectivity index (χ3v) is 34.2. The number of ketones is 2. The van der Waals surface area contributed by atoms with Gasteiger partial charge in [0, 0.05) is 108 Å². The minimum absolute atomic E-state index is 0. The van der Waals surface area contributed by atoms with Crippen LogP contribution in [0, 0.1) is 28.6 Å². The summed E-state index contributed by atoms with van der Waals surface area (Å²) in [5.41, 5.74) is -7.28. The van der Waals surface area contributed by atoms with Gasteiger partial charge in [0.2, 0.25) is 17.6 Å². The number of amides is 2. The van der Waals surface area contributed by atoms with Gasteiger partial charge in [-0.1, -0.05) is 209 Å². The Morgan fingerprint density at radius 3 is 1.17 bits per heavy atom. The Balaban J connectivity index is -0.000000279. The molecule has 7 rings (SSSR count). The number of hydrogen-bond donors (Lipinski definition) is 8. The number of oxime groups is 1. The summed E-state index contributed by atoms with van der Waals surface area (Å²) in [4.78, 5) is 64.9. The van der Waals surface area contributed by atoms with Crippen molar-refractivity contribution in [2.45, 2.75) is 573 Å². The first-order valence-electron chi connectivity index (χ1n) is 48.2. The first kappa shape index (κ1) is 144. The lowest BCUT2D eigenvalue weighted by Crippen LogP contribution is -2.75. The van der Waals surface area contributed by atoms with Crippen LogP contribution in [0.2, 0.25) is 0 Å². The van der Waals surface area contributed by atoms with E-state index in [0.717, 1.165) is 61.5 Å². The predicted octanol–water partition coefficient (Wildman–Crippen LogP) is 25.9. The Bertz CT molecular complexity index is 3570. The molecule has 2 amide bonds. The molecule has 806 valence electrons. The number of piperidine rings is 4. The molecule has 7 aliphatic heterocycles. The zero-order valence-electron chi connectivity index (χ0n) is 88.8. The van der Waals surface area contributed by atoms with Gasteiger partial charge < -0.3 is 74.7 Å². The molecular weight excluding hydrogens is 1720 g/mol. The molecule has 30 heteroatoms. The molecule has 0 aliphatic carbocycles. The van der Waals surface area contributed by atoms with Gasteiger partial charge in [-0.15, -0.1) is 0 Å². The van der Waals surface area contributed by atoms with Gasteiger partial charge in [0.1, 0.15) is 40.0 Å². The fourth-order valence-corrected chi connectivity index (χ4v) is 22.3. The molecule has 0 saturated carbocycles. The molecule has 7 heterocycles. The van der Waals surface area contributed by atoms with Gasteiger partial charge in [-0.2, -0.15) is 35.4 Å². The summed E-state index contributed by atoms with van der Waals surface area (Å²) >= 11 is 0. The number of Topliss-reactive ketones (excluding diaryl/α,β-unsaturated/α-hetero) is 2. The zero-order valence-corrected chi connectivity index (χ0v) is 89.7. The average Bonchev–Trinajstić information content (AvgIpc) is 0.718. The Labute approximate surface area is 823 Å². The summed E-state index contributed by atoms with van der Waals surface area (Å²) in [7, 11) is -3.43. The van der Waals surface area contributed by atoms with Crippen LogP contribution in [0.25, 0.3) is 0 Å². The Morgan fingerprint density at radius 1 is 0.485 bits per heavy atom. The summed E-state index contributed by atoms with van der Waals surface area (Å²) < 4.78 is 41.9. The Morgan fingerprint density at radius 2 is 0.851 bits per heavy atom. The van der Waals surface area contributed by atoms with E-state index in [-0.39, 0.29) is 175 Å². The maximum Gasteiger partial charge on any atom is 0.350 e. The van der Waals surface area contributed by atoms with E-state index < -0.39 is 68.9 Å². The highest BCUT2D eigenvalue weighted by Gasteiger charge is 2.65. The lowest BCUT2D eigenvalue weighted by Gasteiger charge is -2.63. The van der Waals surface area contributed by atoms with Crippen molar-refractivity contribution in [2.75, 3.05) is 39.5 Å². The largest absolute Gasteiger partial charge is 0.462 e. The highest BCUT2D eigenvalue weighted by atomic mass is 31.2. The average molecular weight is 1950 g/mol. The van der Waals surface area contributed by atoms with Crippen molar-refractivity contribution in [3.05, 3.63) is 0 Å². The molecule has 0 radical (unpaired) electrons. The van der Waals surface area contributed by atoms with Crippen LogP contribution in [0.5, 0.6) is 0 Å². The number of carbonyl (C=O) groups is 5. The standard InChI is InChI=1S/C17H33NO3.C16H32N2O2.C14H28N2O2.C14H27NO3.C13H30NO4P.C12H23NO2.C11H20N2O3.7CH4/c1-8-15(6)10-17(20-11-14(4,5)12-21-17)13(3)16(7,9-2)18(15)19;1-8-15(9-2)12-17(14(5,6)7)13(19)16(10-3,11-4)18(15)20;1-8-14(9-2)11(17)15(12(3,4)5)10-13(6,7)16(14)18;1-7-13(5)9-12(18-11(4)16)10(3)14(6,8-2)15(13)17;1-9-17-19(16,18-10-2)11(12(3,4)5)14(15)13(6,7)8;1-6-11(4)8-10(14)9(3)12(5,7-2)13(11)15;1-5-10(3)7-8(12-15)9(14)11(4,6-2)13(10)16;;;;;;;/h13,19H,8-12H2,1-7H3;20H,8-12H2,1-7H3;18H,8-10H2,1-7H3;10,12,17H,7-9H2,1-6H3;11,15H,9-10H2,1-8H3;9,15H,6-8H2,1-5H3;15-16H,5-7H2,1-4H3;7*1H4/b;;;;;;12-8-;;;;;;;. The lowest BCUT2D eigenvalue weighted by molar-refractivity contribution is -0.399. The minimum Gasteiger partial charge on any atom is -0.462 e. The zero-order chi connectivity index (χ0) is 100. The van der Waals surface area contributed by atoms with E-state index in [2.05, 4.69) is 109 Å². The Hall–Kier alpha value is -3.27. The molecule has 1 spiro atoms. The molecule has 7 fully saturated rings. The number of hydroxylamine groups is 14. The van der Waals surface area contributed by atoms with E-state index >= 15 is 0 Å². The summed E-state index contributed by atoms with van der Waals surface area (Å²) in [6.45, 7) is 90.3. The monoisotopic (exact) mass is 1950 g/mol. The SMILES string of the molecule is C.C.C.C.C.C.C.CCC1(C)C/C(=N/O)C(=O)C(C)(CC)N1O.CCC1(C)CC(=O)C(C)C(C)(CC)N1O.CCC1(C)CC(OC(C)=O)C(C)C(C)(CC)N1O.CCC1(C)CC2(OCC(C)(C)CO2)C(C)C(C)(CC)N1O.CCC1(CC)C(=O)N(C(C)(C)C)CC(C)(C)N1O.CCC1(CC)CN(C(C)(C)C)C(=O)C(CC)(CC)N1O.CCOP(=O)(OCC)C(N(O)C(C)(C)C)C(C)(C)C. The van der Waals surface area contributed by atoms with E-state index in [1.165, 1.54) is 27.2 Å². The van der Waals surface area contributed by atoms with E-state index in [1.54, 1.807) is 25.8 Å². The fourth-order valence-electron chi connectivity index (χ4n) is 19.6. The van der Waals surface area contributed by atoms with E-state index in [9.17, 15) is 65.0 Å². The molecule has 7 aliphatic rings. The third-order valence-electron chi connectivity index (χ3n) is 31.4. The first-order chi connectivity index (χ1) is 57.5. The van der Waals surface area contributed by atoms with Crippen molar-refractivity contribution in [1.82, 2.24) is 45.2 Å². The summed E-state index contributed by atoms with van der Waals surface area (Å²) in [5.74, 6) is -1.34. The number of rotatable bonds is 21. The van der Waals surface area contributed by atoms with Crippen LogP contribution in [0.3, 0.4) is 0 Å². The molecule has 0 aromatic rings. The fraction of sp³-hybridized carbons (Fsp3) is 0.942. The molecular formula is C104H221N10O19P. The third kappa shape index (κ3) is 29.7. The predicted molar refractivity (Wildman–Crippen MR) is 552 cm³/mol. The van der Waals surface area contributed by atoms with Gasteiger partial charge in [0.25, 0.3) is 0 Å². The molecule has 29 nitrogen and oxygen atoms in total. The molecule has 0 aromatic heterocycles. The molecule has 7 saturated heterocycles. The van der Waals surface area contributed by atoms with Crippen molar-refractivity contribution in [2.24, 2.45) is 33.7 Å². The smallest absolute Gasteiger partial charge is 0.350 e. The van der Waals surface area contributed by atoms with Gasteiger partial charge in [0.05, 0.1) is 54.1 Å². The topological polar surface area (TPSA) is 352 Å². The van der Waals surface area contributed by atoms with E-state index in [0.29, 0.717) is 84.1 Å². The van der Waals surface area contributed by atoms with Gasteiger partial charge in [-0.25, -0.2) is 0 Å². The molecule has 13 unspecified atom stereocenters. The summed E-state index contributed by atoms with van der Waals surface area (Å²) in [6.07, 6.45) is 12.2. The second kappa shape index (κ2) is 53.4. The van der Waals surface area contributed by atoms with Crippen molar-refractivity contribution >= 4 is 42.7 Å². The highest BCUT2D eigenvalue weighted by molar-refractivity contribution is 7.54. The molecule has 0 aromatic carbocycles. The van der Waals surface area contributed by atoms with Gasteiger partial charge in [-0.3, -0.25) is 28.5 Å². The normalized spacial score (nSPS) is 30.9. The van der Waals surface area contributed by atoms with Gasteiger partial charge >= 0.3 is 13.6 Å². The lowest BCUT2D eigenvalue weighted by atomic mass is 9.67. The maximum absolute atomic E-state index is 13.0. The van der Waals surface area contributed by atoms with Crippen molar-refractivity contribution < 1.29 is 93.5 Å². The van der Waals surface area contributed by atoms with E-state index in [1.807, 2.05) is 183 Å².